The third-order valence-electron chi connectivity index (χ3n) is 2.28. The molecule has 2 rings (SSSR count). The first-order chi connectivity index (χ1) is 9.40. The van der Waals surface area contributed by atoms with E-state index in [1.807, 2.05) is 0 Å². The van der Waals surface area contributed by atoms with Gasteiger partial charge in [-0.25, -0.2) is 9.37 Å². The highest BCUT2D eigenvalue weighted by Gasteiger charge is 2.25. The highest BCUT2D eigenvalue weighted by Crippen LogP contribution is 2.42. The zero-order valence-corrected chi connectivity index (χ0v) is 11.2. The molecule has 2 aromatic rings. The molecular weight excluding hydrogens is 312 g/mol. The number of ether oxygens (including phenoxy) is 1. The fourth-order valence-corrected chi connectivity index (χ4v) is 1.75. The highest BCUT2D eigenvalue weighted by atomic mass is 35.5. The lowest BCUT2D eigenvalue weighted by molar-refractivity contribution is -0.384. The molecule has 2 N–H and O–H groups in total. The molecule has 0 aliphatic carbocycles. The normalized spacial score (nSPS) is 10.3. The number of hydrogen-bond acceptors (Lipinski definition) is 5. The average Bonchev–Trinajstić information content (AvgIpc) is 2.37. The molecule has 1 aromatic heterocycles. The first-order valence-electron chi connectivity index (χ1n) is 5.11. The van der Waals surface area contributed by atoms with Crippen LogP contribution < -0.4 is 10.5 Å². The number of nitrogens with zero attached hydrogens (tertiary/aromatic N) is 2. The van der Waals surface area contributed by atoms with Crippen LogP contribution in [0.25, 0.3) is 0 Å². The van der Waals surface area contributed by atoms with Crippen molar-refractivity contribution >= 4 is 34.7 Å². The Morgan fingerprint density at radius 2 is 2.05 bits per heavy atom. The van der Waals surface area contributed by atoms with Crippen LogP contribution in [0.1, 0.15) is 0 Å². The van der Waals surface area contributed by atoms with Crippen molar-refractivity contribution in [1.82, 2.24) is 4.98 Å². The van der Waals surface area contributed by atoms with Crippen LogP contribution in [0.2, 0.25) is 10.0 Å². The fraction of sp³-hybridized carbons (Fsp3) is 0. The van der Waals surface area contributed by atoms with E-state index in [0.29, 0.717) is 0 Å². The summed E-state index contributed by atoms with van der Waals surface area (Å²) in [5.74, 6) is -1.47. The second-order valence-electron chi connectivity index (χ2n) is 3.60. The SMILES string of the molecule is Nc1ncc(Cl)c(Oc2cc(F)ccc2Cl)c1[N+](=O)[O-]. The molecule has 0 radical (unpaired) electrons. The molecule has 0 aliphatic heterocycles. The van der Waals surface area contributed by atoms with Gasteiger partial charge in [0, 0.05) is 6.07 Å². The molecule has 0 saturated carbocycles. The smallest absolute Gasteiger partial charge is 0.354 e. The van der Waals surface area contributed by atoms with Gasteiger partial charge in [-0.2, -0.15) is 0 Å². The van der Waals surface area contributed by atoms with Gasteiger partial charge in [0.15, 0.2) is 0 Å². The molecule has 1 aromatic carbocycles. The second kappa shape index (κ2) is 5.48. The largest absolute Gasteiger partial charge is 0.447 e. The van der Waals surface area contributed by atoms with Gasteiger partial charge in [-0.05, 0) is 12.1 Å². The maximum atomic E-state index is 13.1. The van der Waals surface area contributed by atoms with Gasteiger partial charge in [0.25, 0.3) is 0 Å². The van der Waals surface area contributed by atoms with E-state index in [1.54, 1.807) is 0 Å². The van der Waals surface area contributed by atoms with E-state index in [0.717, 1.165) is 18.3 Å². The summed E-state index contributed by atoms with van der Waals surface area (Å²) in [6.45, 7) is 0. The summed E-state index contributed by atoms with van der Waals surface area (Å²) in [6, 6.07) is 3.33. The van der Waals surface area contributed by atoms with E-state index in [2.05, 4.69) is 4.98 Å². The lowest BCUT2D eigenvalue weighted by atomic mass is 10.3. The molecule has 104 valence electrons. The van der Waals surface area contributed by atoms with Crippen LogP contribution >= 0.6 is 23.2 Å². The van der Waals surface area contributed by atoms with Crippen LogP contribution in [-0.2, 0) is 0 Å². The molecule has 0 amide bonds. The van der Waals surface area contributed by atoms with E-state index >= 15 is 0 Å². The standard InChI is InChI=1S/C11H6Cl2FN3O3/c12-6-2-1-5(14)3-8(6)20-10-7(13)4-16-11(15)9(10)17(18)19/h1-4H,(H2,15,16). The molecule has 0 aliphatic rings. The Labute approximate surface area is 122 Å². The van der Waals surface area contributed by atoms with Crippen molar-refractivity contribution in [2.75, 3.05) is 5.73 Å². The number of aromatic nitrogens is 1. The minimum Gasteiger partial charge on any atom is -0.447 e. The van der Waals surface area contributed by atoms with Gasteiger partial charge in [0.05, 0.1) is 16.1 Å². The zero-order valence-electron chi connectivity index (χ0n) is 9.64. The van der Waals surface area contributed by atoms with Gasteiger partial charge in [-0.3, -0.25) is 10.1 Å². The predicted molar refractivity (Wildman–Crippen MR) is 71.8 cm³/mol. The fourth-order valence-electron chi connectivity index (χ4n) is 1.41. The number of nitro groups is 1. The van der Waals surface area contributed by atoms with Crippen molar-refractivity contribution in [2.24, 2.45) is 0 Å². The van der Waals surface area contributed by atoms with Crippen molar-refractivity contribution in [3.8, 4) is 11.5 Å². The van der Waals surface area contributed by atoms with E-state index in [4.69, 9.17) is 33.7 Å². The molecule has 0 spiro atoms. The quantitative estimate of drug-likeness (QED) is 0.686. The van der Waals surface area contributed by atoms with Crippen LogP contribution in [0.4, 0.5) is 15.9 Å². The first kappa shape index (κ1) is 14.3. The van der Waals surface area contributed by atoms with Gasteiger partial charge in [0.1, 0.15) is 16.6 Å². The van der Waals surface area contributed by atoms with Gasteiger partial charge < -0.3 is 10.5 Å². The number of rotatable bonds is 3. The van der Waals surface area contributed by atoms with Gasteiger partial charge in [-0.15, -0.1) is 0 Å². The second-order valence-corrected chi connectivity index (χ2v) is 4.42. The third-order valence-corrected chi connectivity index (χ3v) is 2.86. The van der Waals surface area contributed by atoms with E-state index < -0.39 is 16.4 Å². The van der Waals surface area contributed by atoms with Gasteiger partial charge in [0.2, 0.25) is 11.6 Å². The number of benzene rings is 1. The average molecular weight is 318 g/mol. The summed E-state index contributed by atoms with van der Waals surface area (Å²) in [5, 5.41) is 10.9. The van der Waals surface area contributed by atoms with Crippen LogP contribution in [0.3, 0.4) is 0 Å². The summed E-state index contributed by atoms with van der Waals surface area (Å²) in [7, 11) is 0. The van der Waals surface area contributed by atoms with Crippen molar-refractivity contribution < 1.29 is 14.1 Å². The number of nitrogens with two attached hydrogens (primary N) is 1. The van der Waals surface area contributed by atoms with E-state index in [-0.39, 0.29) is 27.4 Å². The molecule has 20 heavy (non-hydrogen) atoms. The summed E-state index contributed by atoms with van der Waals surface area (Å²) in [6.07, 6.45) is 1.09. The zero-order chi connectivity index (χ0) is 14.9. The van der Waals surface area contributed by atoms with Gasteiger partial charge >= 0.3 is 5.69 Å². The maximum Gasteiger partial charge on any atom is 0.354 e. The Balaban J connectivity index is 2.56. The number of hydrogen-bond donors (Lipinski definition) is 1. The lowest BCUT2D eigenvalue weighted by Gasteiger charge is -2.10. The maximum absolute atomic E-state index is 13.1. The molecule has 9 heteroatoms. The minimum absolute atomic E-state index is 0.0622. The molecule has 0 fully saturated rings. The molecule has 0 unspecified atom stereocenters. The minimum atomic E-state index is -0.795. The molecule has 6 nitrogen and oxygen atoms in total. The summed E-state index contributed by atoms with van der Waals surface area (Å²) in [5.41, 5.74) is 4.80. The Hall–Kier alpha value is -2.12. The monoisotopic (exact) mass is 317 g/mol. The Bertz CT molecular complexity index is 697. The Morgan fingerprint density at radius 1 is 1.35 bits per heavy atom. The molecule has 0 bridgehead atoms. The summed E-state index contributed by atoms with van der Waals surface area (Å²) < 4.78 is 18.4. The van der Waals surface area contributed by atoms with Gasteiger partial charge in [-0.1, -0.05) is 23.2 Å². The Morgan fingerprint density at radius 3 is 2.70 bits per heavy atom. The predicted octanol–water partition coefficient (Wildman–Crippen LogP) is 3.81. The first-order valence-corrected chi connectivity index (χ1v) is 5.87. The van der Waals surface area contributed by atoms with Crippen molar-refractivity contribution in [1.29, 1.82) is 0 Å². The summed E-state index contributed by atoms with van der Waals surface area (Å²) in [4.78, 5) is 13.7. The molecule has 0 saturated heterocycles. The van der Waals surface area contributed by atoms with Crippen molar-refractivity contribution in [3.05, 3.63) is 50.4 Å². The van der Waals surface area contributed by atoms with Crippen LogP contribution in [-0.4, -0.2) is 9.91 Å². The Kier molecular flexibility index (Phi) is 3.91. The lowest BCUT2D eigenvalue weighted by Crippen LogP contribution is -2.01. The number of nitrogen functional groups attached to an aromatic ring is 1. The molecule has 0 atom stereocenters. The molecule has 1 heterocycles. The van der Waals surface area contributed by atoms with Crippen molar-refractivity contribution in [2.45, 2.75) is 0 Å². The number of halogens is 3. The van der Waals surface area contributed by atoms with E-state index in [1.165, 1.54) is 6.07 Å². The third kappa shape index (κ3) is 2.73. The van der Waals surface area contributed by atoms with E-state index in [9.17, 15) is 14.5 Å². The highest BCUT2D eigenvalue weighted by molar-refractivity contribution is 6.33. The van der Waals surface area contributed by atoms with Crippen molar-refractivity contribution in [3.63, 3.8) is 0 Å². The summed E-state index contributed by atoms with van der Waals surface area (Å²) >= 11 is 11.6. The topological polar surface area (TPSA) is 91.3 Å². The number of pyridine rings is 1. The van der Waals surface area contributed by atoms with Crippen LogP contribution in [0.5, 0.6) is 11.5 Å². The van der Waals surface area contributed by atoms with Crippen LogP contribution in [0, 0.1) is 15.9 Å². The molecular formula is C11H6Cl2FN3O3. The number of anilines is 1. The van der Waals surface area contributed by atoms with Crippen LogP contribution in [0.15, 0.2) is 24.4 Å².